The number of phosphoric acid groups is 1. The summed E-state index contributed by atoms with van der Waals surface area (Å²) >= 11 is 0. The van der Waals surface area contributed by atoms with Gasteiger partial charge >= 0.3 is 13.9 Å². The summed E-state index contributed by atoms with van der Waals surface area (Å²) in [6.45, 7) is 0.218. The first-order valence-corrected chi connectivity index (χ1v) is 8.69. The Labute approximate surface area is 143 Å². The highest BCUT2D eigenvalue weighted by atomic mass is 31.2. The molecule has 0 unspecified atom stereocenters. The van der Waals surface area contributed by atoms with Crippen LogP contribution in [0.4, 0.5) is 4.79 Å². The van der Waals surface area contributed by atoms with E-state index in [2.05, 4.69) is 9.84 Å². The monoisotopic (exact) mass is 377 g/mol. The summed E-state index contributed by atoms with van der Waals surface area (Å²) in [4.78, 5) is 40.1. The van der Waals surface area contributed by atoms with Gasteiger partial charge in [-0.05, 0) is 12.5 Å². The molecule has 5 N–H and O–H groups in total. The number of carbonyl (C=O) groups is 2. The number of alkyl carbamates (subject to hydrolysis) is 1. The molecule has 1 rings (SSSR count). The molecule has 0 radical (unpaired) electrons. The van der Waals surface area contributed by atoms with E-state index in [4.69, 9.17) is 14.5 Å². The molecule has 0 aliphatic carbocycles. The number of amides is 1. The first-order valence-electron chi connectivity index (χ1n) is 7.16. The number of Topliss-reactive ketones (excluding diaryl/α,β-unsaturated/α-hetero) is 1. The SMILES string of the molecule is C[C@@H](NC(=O)OCc1ccccc1)[C@H](O)[C@@H](O)C(=O)COP(=O)(O)O. The lowest BCUT2D eigenvalue weighted by atomic mass is 10.0. The van der Waals surface area contributed by atoms with Crippen molar-refractivity contribution in [2.75, 3.05) is 6.61 Å². The van der Waals surface area contributed by atoms with E-state index < -0.39 is 44.6 Å². The standard InChI is InChI=1S/C14H20NO9P/c1-9(12(17)13(18)11(16)8-24-25(20,21)22)15-14(19)23-7-10-5-3-2-4-6-10/h2-6,9,12-13,17-18H,7-8H2,1H3,(H,15,19)(H2,20,21,22)/t9-,12+,13+/m1/s1. The smallest absolute Gasteiger partial charge is 0.445 e. The predicted octanol–water partition coefficient (Wildman–Crippen LogP) is -0.298. The molecule has 0 fully saturated rings. The first kappa shape index (κ1) is 21.2. The second kappa shape index (κ2) is 9.62. The van der Waals surface area contributed by atoms with E-state index in [1.807, 2.05) is 0 Å². The van der Waals surface area contributed by atoms with Gasteiger partial charge in [-0.25, -0.2) is 9.36 Å². The van der Waals surface area contributed by atoms with Gasteiger partial charge in [0.1, 0.15) is 25.4 Å². The molecule has 0 bridgehead atoms. The second-order valence-corrected chi connectivity index (χ2v) is 6.40. The lowest BCUT2D eigenvalue weighted by Crippen LogP contribution is -2.50. The zero-order chi connectivity index (χ0) is 19.0. The minimum atomic E-state index is -4.88. The Morgan fingerprint density at radius 1 is 1.20 bits per heavy atom. The van der Waals surface area contributed by atoms with Crippen LogP contribution < -0.4 is 5.32 Å². The Balaban J connectivity index is 2.43. The van der Waals surface area contributed by atoms with Gasteiger partial charge in [-0.1, -0.05) is 30.3 Å². The summed E-state index contributed by atoms with van der Waals surface area (Å²) in [5.41, 5.74) is 0.746. The van der Waals surface area contributed by atoms with Gasteiger partial charge in [-0.2, -0.15) is 0 Å². The number of ketones is 1. The van der Waals surface area contributed by atoms with Crippen molar-refractivity contribution < 1.29 is 43.4 Å². The quantitative estimate of drug-likeness (QED) is 0.364. The van der Waals surface area contributed by atoms with Crippen LogP contribution in [0.2, 0.25) is 0 Å². The second-order valence-electron chi connectivity index (χ2n) is 5.16. The van der Waals surface area contributed by atoms with Crippen molar-refractivity contribution >= 4 is 19.7 Å². The Morgan fingerprint density at radius 3 is 2.36 bits per heavy atom. The van der Waals surface area contributed by atoms with Gasteiger partial charge in [0.05, 0.1) is 6.04 Å². The third-order valence-corrected chi connectivity index (χ3v) is 3.56. The molecule has 0 saturated carbocycles. The van der Waals surface area contributed by atoms with Crippen LogP contribution in [0, 0.1) is 0 Å². The predicted molar refractivity (Wildman–Crippen MR) is 84.2 cm³/mol. The maximum absolute atomic E-state index is 11.6. The fraction of sp³-hybridized carbons (Fsp3) is 0.429. The number of aliphatic hydroxyl groups excluding tert-OH is 2. The number of phosphoric ester groups is 1. The minimum absolute atomic E-state index is 0.00685. The van der Waals surface area contributed by atoms with E-state index in [1.165, 1.54) is 6.92 Å². The van der Waals surface area contributed by atoms with Crippen molar-refractivity contribution in [3.63, 3.8) is 0 Å². The van der Waals surface area contributed by atoms with Crippen molar-refractivity contribution in [2.24, 2.45) is 0 Å². The van der Waals surface area contributed by atoms with E-state index in [-0.39, 0.29) is 6.61 Å². The Morgan fingerprint density at radius 2 is 1.80 bits per heavy atom. The van der Waals surface area contributed by atoms with Gasteiger partial charge in [0.15, 0.2) is 5.78 Å². The van der Waals surface area contributed by atoms with E-state index in [9.17, 15) is 24.4 Å². The van der Waals surface area contributed by atoms with Gasteiger partial charge in [0.25, 0.3) is 0 Å². The highest BCUT2D eigenvalue weighted by Crippen LogP contribution is 2.35. The Kier molecular flexibility index (Phi) is 8.17. The zero-order valence-corrected chi connectivity index (χ0v) is 14.2. The number of benzene rings is 1. The highest BCUT2D eigenvalue weighted by molar-refractivity contribution is 7.46. The molecule has 0 saturated heterocycles. The van der Waals surface area contributed by atoms with Crippen LogP contribution in [0.15, 0.2) is 30.3 Å². The fourth-order valence-electron chi connectivity index (χ4n) is 1.73. The normalized spacial score (nSPS) is 15.1. The van der Waals surface area contributed by atoms with Gasteiger partial charge in [0, 0.05) is 0 Å². The maximum atomic E-state index is 11.6. The fourth-order valence-corrected chi connectivity index (χ4v) is 2.03. The summed E-state index contributed by atoms with van der Waals surface area (Å²) in [6, 6.07) is 7.76. The van der Waals surface area contributed by atoms with Crippen molar-refractivity contribution in [3.8, 4) is 0 Å². The molecule has 11 heteroatoms. The molecule has 140 valence electrons. The van der Waals surface area contributed by atoms with E-state index in [0.29, 0.717) is 0 Å². The molecule has 10 nitrogen and oxygen atoms in total. The number of aliphatic hydroxyl groups is 2. The van der Waals surface area contributed by atoms with Crippen LogP contribution in [-0.4, -0.2) is 56.7 Å². The van der Waals surface area contributed by atoms with Crippen LogP contribution in [0.1, 0.15) is 12.5 Å². The highest BCUT2D eigenvalue weighted by Gasteiger charge is 2.31. The largest absolute Gasteiger partial charge is 0.470 e. The number of carbonyl (C=O) groups excluding carboxylic acids is 2. The third-order valence-electron chi connectivity index (χ3n) is 3.10. The van der Waals surface area contributed by atoms with Gasteiger partial charge < -0.3 is 30.1 Å². The van der Waals surface area contributed by atoms with Crippen molar-refractivity contribution in [1.82, 2.24) is 5.32 Å². The van der Waals surface area contributed by atoms with E-state index in [1.54, 1.807) is 30.3 Å². The van der Waals surface area contributed by atoms with Crippen LogP contribution in [0.25, 0.3) is 0 Å². The first-order chi connectivity index (χ1) is 11.6. The van der Waals surface area contributed by atoms with Crippen molar-refractivity contribution in [1.29, 1.82) is 0 Å². The summed E-state index contributed by atoms with van der Waals surface area (Å²) in [5, 5.41) is 21.7. The van der Waals surface area contributed by atoms with E-state index >= 15 is 0 Å². The van der Waals surface area contributed by atoms with Crippen LogP contribution >= 0.6 is 7.82 Å². The lowest BCUT2D eigenvalue weighted by Gasteiger charge is -2.23. The zero-order valence-electron chi connectivity index (χ0n) is 13.3. The van der Waals surface area contributed by atoms with Crippen LogP contribution in [0.3, 0.4) is 0 Å². The Hall–Kier alpha value is -1.81. The van der Waals surface area contributed by atoms with E-state index in [0.717, 1.165) is 5.56 Å². The van der Waals surface area contributed by atoms with Crippen LogP contribution in [-0.2, 0) is 25.2 Å². The molecule has 1 aromatic rings. The average Bonchev–Trinajstić information content (AvgIpc) is 2.56. The molecule has 1 amide bonds. The number of ether oxygens (including phenoxy) is 1. The lowest BCUT2D eigenvalue weighted by molar-refractivity contribution is -0.136. The van der Waals surface area contributed by atoms with Crippen molar-refractivity contribution in [2.45, 2.75) is 31.8 Å². The maximum Gasteiger partial charge on any atom is 0.470 e. The topological polar surface area (TPSA) is 163 Å². The summed E-state index contributed by atoms with van der Waals surface area (Å²) in [5.74, 6) is -1.15. The molecule has 1 aromatic carbocycles. The van der Waals surface area contributed by atoms with Gasteiger partial charge in [-0.15, -0.1) is 0 Å². The van der Waals surface area contributed by atoms with Gasteiger partial charge in [0.2, 0.25) is 0 Å². The molecule has 25 heavy (non-hydrogen) atoms. The molecule has 0 aliphatic heterocycles. The number of rotatable bonds is 9. The average molecular weight is 377 g/mol. The Bertz CT molecular complexity index is 618. The molecule has 0 spiro atoms. The number of nitrogens with one attached hydrogen (secondary N) is 1. The van der Waals surface area contributed by atoms with Crippen molar-refractivity contribution in [3.05, 3.63) is 35.9 Å². The summed E-state index contributed by atoms with van der Waals surface area (Å²) in [7, 11) is -4.88. The molecule has 0 aromatic heterocycles. The summed E-state index contributed by atoms with van der Waals surface area (Å²) < 4.78 is 19.4. The number of hydrogen-bond donors (Lipinski definition) is 5. The molecular weight excluding hydrogens is 357 g/mol. The number of hydrogen-bond acceptors (Lipinski definition) is 7. The third kappa shape index (κ3) is 8.21. The molecule has 0 aliphatic rings. The minimum Gasteiger partial charge on any atom is -0.445 e. The molecule has 0 heterocycles. The van der Waals surface area contributed by atoms with Gasteiger partial charge in [-0.3, -0.25) is 9.32 Å². The van der Waals surface area contributed by atoms with Crippen LogP contribution in [0.5, 0.6) is 0 Å². The molecule has 3 atom stereocenters. The molecular formula is C14H20NO9P. The summed E-state index contributed by atoms with van der Waals surface area (Å²) in [6.07, 6.45) is -4.60.